The molecule has 0 aliphatic heterocycles. The summed E-state index contributed by atoms with van der Waals surface area (Å²) in [6.07, 6.45) is 0. The number of sulfonamides is 1. The Kier molecular flexibility index (Phi) is 4.72. The average molecular weight is 420 g/mol. The maximum absolute atomic E-state index is 12.3. The second-order valence-electron chi connectivity index (χ2n) is 4.00. The van der Waals surface area contributed by atoms with E-state index in [2.05, 4.69) is 41.9 Å². The van der Waals surface area contributed by atoms with Crippen molar-refractivity contribution in [1.29, 1.82) is 0 Å². The third kappa shape index (κ3) is 3.53. The Morgan fingerprint density at radius 1 is 1.00 bits per heavy atom. The third-order valence-corrected chi connectivity index (χ3v) is 5.19. The van der Waals surface area contributed by atoms with Gasteiger partial charge in [-0.05, 0) is 58.4 Å². The van der Waals surface area contributed by atoms with Gasteiger partial charge in [0.2, 0.25) is 0 Å². The lowest BCUT2D eigenvalue weighted by molar-refractivity contribution is 0.601. The minimum atomic E-state index is -3.61. The molecule has 4 nitrogen and oxygen atoms in total. The van der Waals surface area contributed by atoms with Gasteiger partial charge in [-0.1, -0.05) is 15.9 Å². The maximum Gasteiger partial charge on any atom is 0.261 e. The summed E-state index contributed by atoms with van der Waals surface area (Å²) in [4.78, 5) is 0.211. The van der Waals surface area contributed by atoms with Crippen LogP contribution in [-0.4, -0.2) is 15.5 Å². The molecule has 0 bridgehead atoms. The number of hydrogen-bond donors (Lipinski definition) is 2. The molecule has 2 rings (SSSR count). The van der Waals surface area contributed by atoms with Crippen molar-refractivity contribution in [3.8, 4) is 0 Å². The summed E-state index contributed by atoms with van der Waals surface area (Å²) in [6, 6.07) is 11.8. The van der Waals surface area contributed by atoms with Gasteiger partial charge in [0.25, 0.3) is 10.0 Å². The summed E-state index contributed by atoms with van der Waals surface area (Å²) in [5, 5.41) is 2.94. The summed E-state index contributed by atoms with van der Waals surface area (Å²) >= 11 is 6.64. The SMILES string of the molecule is CNc1ccc(S(=O)(=O)Nc2cc(Br)ccc2Br)cc1. The molecule has 0 aliphatic carbocycles. The normalized spacial score (nSPS) is 11.2. The van der Waals surface area contributed by atoms with E-state index in [1.54, 1.807) is 43.4 Å². The van der Waals surface area contributed by atoms with Gasteiger partial charge in [-0.2, -0.15) is 0 Å². The zero-order valence-electron chi connectivity index (χ0n) is 10.5. The van der Waals surface area contributed by atoms with E-state index in [0.717, 1.165) is 10.2 Å². The monoisotopic (exact) mass is 418 g/mol. The van der Waals surface area contributed by atoms with Crippen LogP contribution in [0.1, 0.15) is 0 Å². The van der Waals surface area contributed by atoms with Crippen LogP contribution >= 0.6 is 31.9 Å². The van der Waals surface area contributed by atoms with Gasteiger partial charge in [-0.3, -0.25) is 4.72 Å². The molecule has 0 spiro atoms. The molecule has 0 fully saturated rings. The second kappa shape index (κ2) is 6.15. The van der Waals surface area contributed by atoms with Gasteiger partial charge in [0, 0.05) is 21.7 Å². The van der Waals surface area contributed by atoms with Crippen molar-refractivity contribution in [2.24, 2.45) is 0 Å². The summed E-state index contributed by atoms with van der Waals surface area (Å²) in [5.41, 5.74) is 1.34. The van der Waals surface area contributed by atoms with Crippen molar-refractivity contribution in [3.05, 3.63) is 51.4 Å². The van der Waals surface area contributed by atoms with Crippen molar-refractivity contribution < 1.29 is 8.42 Å². The van der Waals surface area contributed by atoms with E-state index in [0.29, 0.717) is 10.2 Å². The quantitative estimate of drug-likeness (QED) is 0.785. The first-order valence-electron chi connectivity index (χ1n) is 5.68. The van der Waals surface area contributed by atoms with E-state index in [1.165, 1.54) is 0 Å². The van der Waals surface area contributed by atoms with Gasteiger partial charge in [0.15, 0.2) is 0 Å². The largest absolute Gasteiger partial charge is 0.388 e. The number of benzene rings is 2. The summed E-state index contributed by atoms with van der Waals surface area (Å²) in [7, 11) is -1.83. The van der Waals surface area contributed by atoms with Gasteiger partial charge in [-0.15, -0.1) is 0 Å². The summed E-state index contributed by atoms with van der Waals surface area (Å²) < 4.78 is 28.6. The molecule has 2 aromatic rings. The lowest BCUT2D eigenvalue weighted by Crippen LogP contribution is -2.13. The second-order valence-corrected chi connectivity index (χ2v) is 7.46. The van der Waals surface area contributed by atoms with Gasteiger partial charge < -0.3 is 5.32 Å². The minimum absolute atomic E-state index is 0.211. The summed E-state index contributed by atoms with van der Waals surface area (Å²) in [5.74, 6) is 0. The van der Waals surface area contributed by atoms with Gasteiger partial charge in [-0.25, -0.2) is 8.42 Å². The van der Waals surface area contributed by atoms with E-state index in [-0.39, 0.29) is 4.90 Å². The molecule has 7 heteroatoms. The Labute approximate surface area is 134 Å². The molecule has 0 unspecified atom stereocenters. The molecule has 0 aliphatic rings. The highest BCUT2D eigenvalue weighted by atomic mass is 79.9. The number of halogens is 2. The molecular weight excluding hydrogens is 408 g/mol. The Balaban J connectivity index is 2.32. The zero-order valence-corrected chi connectivity index (χ0v) is 14.5. The predicted molar refractivity (Wildman–Crippen MR) is 88.6 cm³/mol. The van der Waals surface area contributed by atoms with E-state index < -0.39 is 10.0 Å². The number of nitrogens with one attached hydrogen (secondary N) is 2. The predicted octanol–water partition coefficient (Wildman–Crippen LogP) is 4.05. The van der Waals surface area contributed by atoms with Crippen molar-refractivity contribution >= 4 is 53.3 Å². The van der Waals surface area contributed by atoms with Crippen molar-refractivity contribution in [2.45, 2.75) is 4.90 Å². The Hall–Kier alpha value is -1.05. The van der Waals surface area contributed by atoms with E-state index in [1.807, 2.05) is 6.07 Å². The van der Waals surface area contributed by atoms with Crippen LogP contribution in [0, 0.1) is 0 Å². The first-order chi connectivity index (χ1) is 9.42. The molecule has 0 atom stereocenters. The Bertz CT molecular complexity index is 716. The smallest absolute Gasteiger partial charge is 0.261 e. The van der Waals surface area contributed by atoms with Crippen LogP contribution < -0.4 is 10.0 Å². The zero-order chi connectivity index (χ0) is 14.8. The van der Waals surface area contributed by atoms with Crippen LogP contribution in [-0.2, 0) is 10.0 Å². The fourth-order valence-corrected chi connectivity index (χ4v) is 3.49. The highest BCUT2D eigenvalue weighted by Crippen LogP contribution is 2.28. The van der Waals surface area contributed by atoms with Crippen molar-refractivity contribution in [3.63, 3.8) is 0 Å². The van der Waals surface area contributed by atoms with Crippen LogP contribution in [0.3, 0.4) is 0 Å². The van der Waals surface area contributed by atoms with E-state index in [4.69, 9.17) is 0 Å². The van der Waals surface area contributed by atoms with Crippen LogP contribution in [0.25, 0.3) is 0 Å². The van der Waals surface area contributed by atoms with Crippen LogP contribution in [0.5, 0.6) is 0 Å². The van der Waals surface area contributed by atoms with Crippen molar-refractivity contribution in [2.75, 3.05) is 17.1 Å². The van der Waals surface area contributed by atoms with Crippen LogP contribution in [0.15, 0.2) is 56.3 Å². The molecule has 0 aromatic heterocycles. The highest BCUT2D eigenvalue weighted by molar-refractivity contribution is 9.11. The molecule has 0 saturated heterocycles. The van der Waals surface area contributed by atoms with E-state index in [9.17, 15) is 8.42 Å². The number of rotatable bonds is 4. The molecule has 2 aromatic carbocycles. The molecule has 0 amide bonds. The standard InChI is InChI=1S/C13H12Br2N2O2S/c1-16-10-3-5-11(6-4-10)20(18,19)17-13-8-9(14)2-7-12(13)15/h2-8,16-17H,1H3. The molecule has 0 heterocycles. The highest BCUT2D eigenvalue weighted by Gasteiger charge is 2.15. The summed E-state index contributed by atoms with van der Waals surface area (Å²) in [6.45, 7) is 0. The third-order valence-electron chi connectivity index (χ3n) is 2.63. The van der Waals surface area contributed by atoms with Crippen molar-refractivity contribution in [1.82, 2.24) is 0 Å². The molecule has 0 radical (unpaired) electrons. The minimum Gasteiger partial charge on any atom is -0.388 e. The van der Waals surface area contributed by atoms with Crippen LogP contribution in [0.2, 0.25) is 0 Å². The number of hydrogen-bond acceptors (Lipinski definition) is 3. The first-order valence-corrected chi connectivity index (χ1v) is 8.75. The van der Waals surface area contributed by atoms with Gasteiger partial charge >= 0.3 is 0 Å². The molecule has 0 saturated carbocycles. The maximum atomic E-state index is 12.3. The topological polar surface area (TPSA) is 58.2 Å². The molecule has 20 heavy (non-hydrogen) atoms. The lowest BCUT2D eigenvalue weighted by atomic mass is 10.3. The Morgan fingerprint density at radius 3 is 2.25 bits per heavy atom. The molecule has 106 valence electrons. The van der Waals surface area contributed by atoms with Gasteiger partial charge in [0.05, 0.1) is 10.6 Å². The first kappa shape index (κ1) is 15.3. The van der Waals surface area contributed by atoms with Gasteiger partial charge in [0.1, 0.15) is 0 Å². The Morgan fingerprint density at radius 2 is 1.65 bits per heavy atom. The molecular formula is C13H12Br2N2O2S. The fraction of sp³-hybridized carbons (Fsp3) is 0.0769. The lowest BCUT2D eigenvalue weighted by Gasteiger charge is -2.10. The fourth-order valence-electron chi connectivity index (χ4n) is 1.58. The average Bonchev–Trinajstić information content (AvgIpc) is 2.43. The molecule has 2 N–H and O–H groups in total. The number of anilines is 2. The van der Waals surface area contributed by atoms with Crippen LogP contribution in [0.4, 0.5) is 11.4 Å². The van der Waals surface area contributed by atoms with E-state index >= 15 is 0 Å².